The molecule has 0 aliphatic carbocycles. The first-order valence-corrected chi connectivity index (χ1v) is 8.53. The predicted molar refractivity (Wildman–Crippen MR) is 93.9 cm³/mol. The summed E-state index contributed by atoms with van der Waals surface area (Å²) >= 11 is 2.42. The van der Waals surface area contributed by atoms with Gasteiger partial charge in [0, 0.05) is 15.8 Å². The lowest BCUT2D eigenvalue weighted by atomic mass is 10.1. The van der Waals surface area contributed by atoms with Gasteiger partial charge in [-0.2, -0.15) is 0 Å². The third-order valence-electron chi connectivity index (χ3n) is 3.23. The summed E-state index contributed by atoms with van der Waals surface area (Å²) in [5, 5.41) is 20.4. The van der Waals surface area contributed by atoms with Crippen molar-refractivity contribution >= 4 is 34.8 Å². The Hall–Kier alpha value is -2.64. The van der Waals surface area contributed by atoms with Gasteiger partial charge in [0.1, 0.15) is 4.88 Å². The fourth-order valence-corrected chi connectivity index (χ4v) is 3.89. The van der Waals surface area contributed by atoms with Crippen LogP contribution in [0, 0.1) is 10.1 Å². The van der Waals surface area contributed by atoms with Gasteiger partial charge in [0.05, 0.1) is 9.82 Å². The average molecular weight is 357 g/mol. The molecule has 0 spiro atoms. The van der Waals surface area contributed by atoms with E-state index in [0.29, 0.717) is 15.3 Å². The maximum absolute atomic E-state index is 11.4. The summed E-state index contributed by atoms with van der Waals surface area (Å²) in [6, 6.07) is 17.5. The minimum atomic E-state index is -1.00. The van der Waals surface area contributed by atoms with Gasteiger partial charge in [-0.15, -0.1) is 11.3 Å². The van der Waals surface area contributed by atoms with Crippen LogP contribution >= 0.6 is 23.1 Å². The maximum Gasteiger partial charge on any atom is 0.345 e. The molecule has 0 aliphatic rings. The zero-order chi connectivity index (χ0) is 17.1. The Morgan fingerprint density at radius 1 is 1.08 bits per heavy atom. The molecule has 0 bridgehead atoms. The normalized spacial score (nSPS) is 10.5. The van der Waals surface area contributed by atoms with Crippen LogP contribution in [0.1, 0.15) is 9.67 Å². The number of hydrogen-bond acceptors (Lipinski definition) is 5. The van der Waals surface area contributed by atoms with Crippen LogP contribution in [0.2, 0.25) is 0 Å². The first-order chi connectivity index (χ1) is 11.5. The van der Waals surface area contributed by atoms with Crippen LogP contribution in [0.5, 0.6) is 0 Å². The second-order valence-electron chi connectivity index (χ2n) is 4.82. The molecule has 5 nitrogen and oxygen atoms in total. The molecule has 3 rings (SSSR count). The van der Waals surface area contributed by atoms with Crippen molar-refractivity contribution < 1.29 is 14.8 Å². The molecule has 120 valence electrons. The van der Waals surface area contributed by atoms with Crippen LogP contribution in [0.15, 0.2) is 70.5 Å². The topological polar surface area (TPSA) is 80.4 Å². The van der Waals surface area contributed by atoms with E-state index in [4.69, 9.17) is 5.11 Å². The van der Waals surface area contributed by atoms with Gasteiger partial charge in [0.15, 0.2) is 0 Å². The van der Waals surface area contributed by atoms with Gasteiger partial charge in [-0.1, -0.05) is 36.0 Å². The van der Waals surface area contributed by atoms with Crippen molar-refractivity contribution in [2.45, 2.75) is 9.79 Å². The van der Waals surface area contributed by atoms with Gasteiger partial charge in [0.25, 0.3) is 5.69 Å². The molecule has 0 fully saturated rings. The molecule has 0 atom stereocenters. The summed E-state index contributed by atoms with van der Waals surface area (Å²) in [6.45, 7) is 0. The highest BCUT2D eigenvalue weighted by molar-refractivity contribution is 7.99. The fraction of sp³-hybridized carbons (Fsp3) is 0. The van der Waals surface area contributed by atoms with Gasteiger partial charge < -0.3 is 5.11 Å². The number of rotatable bonds is 5. The van der Waals surface area contributed by atoms with E-state index in [1.165, 1.54) is 23.9 Å². The Bertz CT molecular complexity index is 906. The Morgan fingerprint density at radius 3 is 2.46 bits per heavy atom. The van der Waals surface area contributed by atoms with E-state index in [0.717, 1.165) is 16.2 Å². The number of benzene rings is 2. The van der Waals surface area contributed by atoms with Crippen molar-refractivity contribution in [3.05, 3.63) is 75.7 Å². The summed E-state index contributed by atoms with van der Waals surface area (Å²) in [6.07, 6.45) is 0. The number of carboxylic acid groups (broad SMARTS) is 1. The molecule has 7 heteroatoms. The number of nitro groups is 1. The third-order valence-corrected chi connectivity index (χ3v) is 5.42. The van der Waals surface area contributed by atoms with Gasteiger partial charge in [0.2, 0.25) is 0 Å². The van der Waals surface area contributed by atoms with Gasteiger partial charge >= 0.3 is 5.97 Å². The van der Waals surface area contributed by atoms with Crippen molar-refractivity contribution in [2.24, 2.45) is 0 Å². The SMILES string of the molecule is O=C(O)c1ccc(-c2ccc(Sc3ccccc3)c([N+](=O)[O-])c2)s1. The molecule has 3 aromatic rings. The molecule has 2 aromatic carbocycles. The van der Waals surface area contributed by atoms with Crippen molar-refractivity contribution in [1.29, 1.82) is 0 Å². The molecular formula is C17H11NO4S2. The molecule has 1 heterocycles. The van der Waals surface area contributed by atoms with Gasteiger partial charge in [-0.05, 0) is 35.9 Å². The number of aromatic carboxylic acids is 1. The number of thiophene rings is 1. The third kappa shape index (κ3) is 3.47. The van der Waals surface area contributed by atoms with Crippen LogP contribution in [0.3, 0.4) is 0 Å². The van der Waals surface area contributed by atoms with Crippen LogP contribution in [0.25, 0.3) is 10.4 Å². The van der Waals surface area contributed by atoms with Gasteiger partial charge in [-0.25, -0.2) is 4.79 Å². The number of carbonyl (C=O) groups is 1. The Morgan fingerprint density at radius 2 is 1.83 bits per heavy atom. The van der Waals surface area contributed by atoms with E-state index in [9.17, 15) is 14.9 Å². The molecule has 1 aromatic heterocycles. The molecule has 1 N–H and O–H groups in total. The predicted octanol–water partition coefficient (Wildman–Crippen LogP) is 5.17. The van der Waals surface area contributed by atoms with E-state index in [-0.39, 0.29) is 10.6 Å². The van der Waals surface area contributed by atoms with E-state index < -0.39 is 10.9 Å². The van der Waals surface area contributed by atoms with Crippen molar-refractivity contribution in [1.82, 2.24) is 0 Å². The Balaban J connectivity index is 1.97. The van der Waals surface area contributed by atoms with E-state index >= 15 is 0 Å². The average Bonchev–Trinajstić information content (AvgIpc) is 3.06. The molecule has 0 saturated carbocycles. The van der Waals surface area contributed by atoms with Crippen molar-refractivity contribution in [3.8, 4) is 10.4 Å². The van der Waals surface area contributed by atoms with Crippen LogP contribution in [-0.2, 0) is 0 Å². The van der Waals surface area contributed by atoms with E-state index in [2.05, 4.69) is 0 Å². The monoisotopic (exact) mass is 357 g/mol. The summed E-state index contributed by atoms with van der Waals surface area (Å²) in [5.41, 5.74) is 0.642. The molecule has 0 radical (unpaired) electrons. The maximum atomic E-state index is 11.4. The molecular weight excluding hydrogens is 346 g/mol. The highest BCUT2D eigenvalue weighted by Crippen LogP contribution is 2.38. The quantitative estimate of drug-likeness (QED) is 0.503. The number of nitro benzene ring substituents is 1. The summed E-state index contributed by atoms with van der Waals surface area (Å²) in [7, 11) is 0. The zero-order valence-corrected chi connectivity index (χ0v) is 13.8. The van der Waals surface area contributed by atoms with Crippen molar-refractivity contribution in [3.63, 3.8) is 0 Å². The van der Waals surface area contributed by atoms with Gasteiger partial charge in [-0.3, -0.25) is 10.1 Å². The fourth-order valence-electron chi connectivity index (χ4n) is 2.12. The smallest absolute Gasteiger partial charge is 0.345 e. The standard InChI is InChI=1S/C17H11NO4S2/c19-17(20)16-9-8-14(24-16)11-6-7-15(13(10-11)18(21)22)23-12-4-2-1-3-5-12/h1-10H,(H,19,20). The zero-order valence-electron chi connectivity index (χ0n) is 12.2. The minimum Gasteiger partial charge on any atom is -0.477 e. The second-order valence-corrected chi connectivity index (χ2v) is 7.02. The molecule has 0 saturated heterocycles. The van der Waals surface area contributed by atoms with Crippen LogP contribution in [-0.4, -0.2) is 16.0 Å². The number of hydrogen-bond donors (Lipinski definition) is 1. The van der Waals surface area contributed by atoms with Crippen molar-refractivity contribution in [2.75, 3.05) is 0 Å². The summed E-state index contributed by atoms with van der Waals surface area (Å²) in [4.78, 5) is 24.3. The van der Waals surface area contributed by atoms with Crippen LogP contribution < -0.4 is 0 Å². The largest absolute Gasteiger partial charge is 0.477 e. The van der Waals surface area contributed by atoms with Crippen LogP contribution in [0.4, 0.5) is 5.69 Å². The lowest BCUT2D eigenvalue weighted by Gasteiger charge is -2.05. The lowest BCUT2D eigenvalue weighted by Crippen LogP contribution is -1.91. The Kier molecular flexibility index (Phi) is 4.64. The highest BCUT2D eigenvalue weighted by Gasteiger charge is 2.17. The summed E-state index contributed by atoms with van der Waals surface area (Å²) in [5.74, 6) is -1.00. The highest BCUT2D eigenvalue weighted by atomic mass is 32.2. The lowest BCUT2D eigenvalue weighted by molar-refractivity contribution is -0.387. The molecule has 0 amide bonds. The number of carboxylic acids is 1. The Labute approximate surface area is 145 Å². The minimum absolute atomic E-state index is 0.00614. The summed E-state index contributed by atoms with van der Waals surface area (Å²) < 4.78 is 0. The number of nitrogens with zero attached hydrogens (tertiary/aromatic N) is 1. The molecule has 0 unspecified atom stereocenters. The molecule has 24 heavy (non-hydrogen) atoms. The first-order valence-electron chi connectivity index (χ1n) is 6.89. The van der Waals surface area contributed by atoms with E-state index in [1.807, 2.05) is 30.3 Å². The first kappa shape index (κ1) is 16.2. The van der Waals surface area contributed by atoms with E-state index in [1.54, 1.807) is 18.2 Å². The molecule has 0 aliphatic heterocycles. The second kappa shape index (κ2) is 6.86.